The summed E-state index contributed by atoms with van der Waals surface area (Å²) in [6.07, 6.45) is 0. The molecule has 0 fully saturated rings. The zero-order valence-electron chi connectivity index (χ0n) is 6.48. The number of nitrogens with one attached hydrogen (secondary N) is 1. The molecule has 1 aromatic carbocycles. The predicted molar refractivity (Wildman–Crippen MR) is 49.2 cm³/mol. The van der Waals surface area contributed by atoms with Crippen LogP contribution in [0.2, 0.25) is 5.02 Å². The Bertz CT molecular complexity index is 346. The molecule has 0 aliphatic heterocycles. The maximum atomic E-state index is 10.9. The van der Waals surface area contributed by atoms with Crippen LogP contribution in [-0.4, -0.2) is 4.89 Å². The van der Waals surface area contributed by atoms with E-state index in [2.05, 4.69) is 4.52 Å². The molecule has 1 atom stereocenters. The smallest absolute Gasteiger partial charge is 0.412 e. The third-order valence-corrected chi connectivity index (χ3v) is 2.21. The average Bonchev–Trinajstić information content (AvgIpc) is 2.03. The Hall–Kier alpha value is -0.580. The van der Waals surface area contributed by atoms with E-state index in [1.54, 1.807) is 17.3 Å². The van der Waals surface area contributed by atoms with Crippen LogP contribution in [0.1, 0.15) is 0 Å². The van der Waals surface area contributed by atoms with E-state index < -0.39 is 7.75 Å². The third-order valence-electron chi connectivity index (χ3n) is 1.19. The number of hydrogen-bond acceptors (Lipinski definition) is 3. The summed E-state index contributed by atoms with van der Waals surface area (Å²) >= 11 is 5.61. The summed E-state index contributed by atoms with van der Waals surface area (Å²) in [5.74, 6) is 4.95. The van der Waals surface area contributed by atoms with Crippen molar-refractivity contribution in [2.75, 3.05) is 0 Å². The molecular weight excluding hydrogens is 215 g/mol. The van der Waals surface area contributed by atoms with Gasteiger partial charge in [-0.1, -0.05) is 17.7 Å². The van der Waals surface area contributed by atoms with Gasteiger partial charge in [0.15, 0.2) is 0 Å². The van der Waals surface area contributed by atoms with Crippen LogP contribution >= 0.6 is 19.3 Å². The summed E-state index contributed by atoms with van der Waals surface area (Å²) in [6, 6.07) is 6.11. The molecule has 1 aromatic rings. The first kappa shape index (κ1) is 10.5. The van der Waals surface area contributed by atoms with Gasteiger partial charge in [-0.2, -0.15) is 5.20 Å². The number of halogens is 1. The van der Waals surface area contributed by atoms with E-state index in [1.165, 1.54) is 12.1 Å². The minimum absolute atomic E-state index is 0.177. The standard InChI is InChI=1S/C6H8ClN2O3P/c7-5-2-1-3-6(4-5)12-13(10,11)9-8/h1-4H,8H2,(H2,9,10,11). The molecule has 0 amide bonds. The summed E-state index contributed by atoms with van der Waals surface area (Å²) in [5, 5.41) is 2.07. The lowest BCUT2D eigenvalue weighted by Crippen LogP contribution is -2.20. The van der Waals surface area contributed by atoms with Gasteiger partial charge in [0.2, 0.25) is 0 Å². The average molecular weight is 223 g/mol. The van der Waals surface area contributed by atoms with Gasteiger partial charge < -0.3 is 9.42 Å². The quantitative estimate of drug-likeness (QED) is 0.408. The van der Waals surface area contributed by atoms with E-state index in [4.69, 9.17) is 22.3 Å². The lowest BCUT2D eigenvalue weighted by Gasteiger charge is -2.10. The fourth-order valence-corrected chi connectivity index (χ4v) is 1.33. The van der Waals surface area contributed by atoms with Crippen LogP contribution in [0.25, 0.3) is 0 Å². The van der Waals surface area contributed by atoms with Crippen molar-refractivity contribution in [1.82, 2.24) is 5.20 Å². The Morgan fingerprint density at radius 1 is 1.62 bits per heavy atom. The summed E-state index contributed by atoms with van der Waals surface area (Å²) in [4.78, 5) is 8.92. The van der Waals surface area contributed by atoms with Gasteiger partial charge in [-0.3, -0.25) is 5.84 Å². The molecule has 0 aliphatic carbocycles. The Labute approximate surface area is 80.0 Å². The topological polar surface area (TPSA) is 84.6 Å². The highest BCUT2D eigenvalue weighted by atomic mass is 35.5. The Balaban J connectivity index is 2.81. The van der Waals surface area contributed by atoms with Crippen molar-refractivity contribution < 1.29 is 14.0 Å². The van der Waals surface area contributed by atoms with Gasteiger partial charge in [0.05, 0.1) is 0 Å². The molecule has 72 valence electrons. The highest BCUT2D eigenvalue weighted by molar-refractivity contribution is 7.50. The predicted octanol–water partition coefficient (Wildman–Crippen LogP) is 1.28. The number of rotatable bonds is 3. The van der Waals surface area contributed by atoms with Crippen LogP contribution < -0.4 is 15.6 Å². The van der Waals surface area contributed by atoms with Crippen LogP contribution in [0.3, 0.4) is 0 Å². The zero-order valence-corrected chi connectivity index (χ0v) is 8.13. The fourth-order valence-electron chi connectivity index (χ4n) is 0.693. The van der Waals surface area contributed by atoms with Gasteiger partial charge in [-0.15, -0.1) is 0 Å². The highest BCUT2D eigenvalue weighted by Gasteiger charge is 2.17. The summed E-state index contributed by atoms with van der Waals surface area (Å²) in [6.45, 7) is 0. The monoisotopic (exact) mass is 222 g/mol. The minimum Gasteiger partial charge on any atom is -0.412 e. The molecule has 1 rings (SSSR count). The summed E-state index contributed by atoms with van der Waals surface area (Å²) < 4.78 is 15.5. The van der Waals surface area contributed by atoms with E-state index in [0.717, 1.165) is 0 Å². The molecule has 0 radical (unpaired) electrons. The third kappa shape index (κ3) is 3.34. The fraction of sp³-hybridized carbons (Fsp3) is 0. The zero-order chi connectivity index (χ0) is 9.90. The highest BCUT2D eigenvalue weighted by Crippen LogP contribution is 2.37. The summed E-state index contributed by atoms with van der Waals surface area (Å²) in [5.41, 5.74) is 0. The molecular formula is C6H8ClN2O3P. The molecule has 0 aromatic heterocycles. The molecule has 0 aliphatic rings. The van der Waals surface area contributed by atoms with Crippen LogP contribution in [0.5, 0.6) is 5.75 Å². The van der Waals surface area contributed by atoms with Gasteiger partial charge in [0.1, 0.15) is 5.75 Å². The van der Waals surface area contributed by atoms with E-state index in [-0.39, 0.29) is 5.75 Å². The molecule has 0 spiro atoms. The van der Waals surface area contributed by atoms with Crippen molar-refractivity contribution in [2.45, 2.75) is 0 Å². The largest absolute Gasteiger partial charge is 0.469 e. The van der Waals surface area contributed by atoms with Gasteiger partial charge in [-0.25, -0.2) is 4.57 Å². The number of hydrazine groups is 1. The lowest BCUT2D eigenvalue weighted by atomic mass is 10.3. The van der Waals surface area contributed by atoms with Crippen LogP contribution in [0, 0.1) is 0 Å². The molecule has 13 heavy (non-hydrogen) atoms. The normalized spacial score (nSPS) is 15.0. The van der Waals surface area contributed by atoms with Crippen molar-refractivity contribution in [3.63, 3.8) is 0 Å². The van der Waals surface area contributed by atoms with Crippen molar-refractivity contribution in [2.24, 2.45) is 5.84 Å². The second-order valence-corrected chi connectivity index (χ2v) is 4.12. The van der Waals surface area contributed by atoms with E-state index in [9.17, 15) is 4.57 Å². The second-order valence-electron chi connectivity index (χ2n) is 2.20. The molecule has 0 bridgehead atoms. The van der Waals surface area contributed by atoms with Gasteiger partial charge in [0.25, 0.3) is 0 Å². The molecule has 0 heterocycles. The Morgan fingerprint density at radius 2 is 2.31 bits per heavy atom. The summed E-state index contributed by atoms with van der Waals surface area (Å²) in [7, 11) is -3.95. The number of nitrogens with two attached hydrogens (primary N) is 1. The van der Waals surface area contributed by atoms with Crippen molar-refractivity contribution in [3.8, 4) is 5.75 Å². The van der Waals surface area contributed by atoms with Crippen molar-refractivity contribution in [1.29, 1.82) is 0 Å². The first-order valence-corrected chi connectivity index (χ1v) is 5.25. The van der Waals surface area contributed by atoms with E-state index >= 15 is 0 Å². The number of benzene rings is 1. The van der Waals surface area contributed by atoms with Gasteiger partial charge >= 0.3 is 7.75 Å². The maximum absolute atomic E-state index is 10.9. The first-order chi connectivity index (χ1) is 6.03. The van der Waals surface area contributed by atoms with E-state index in [1.807, 2.05) is 0 Å². The Morgan fingerprint density at radius 3 is 2.85 bits per heavy atom. The number of hydrogen-bond donors (Lipinski definition) is 3. The van der Waals surface area contributed by atoms with Crippen molar-refractivity contribution in [3.05, 3.63) is 29.3 Å². The molecule has 0 saturated carbocycles. The van der Waals surface area contributed by atoms with Gasteiger partial charge in [-0.05, 0) is 18.2 Å². The SMILES string of the molecule is NNP(=O)(O)Oc1cccc(Cl)c1. The van der Waals surface area contributed by atoms with E-state index in [0.29, 0.717) is 5.02 Å². The van der Waals surface area contributed by atoms with Crippen LogP contribution in [0.4, 0.5) is 0 Å². The maximum Gasteiger partial charge on any atom is 0.469 e. The Kier molecular flexibility index (Phi) is 3.30. The van der Waals surface area contributed by atoms with Crippen molar-refractivity contribution >= 4 is 19.3 Å². The molecule has 4 N–H and O–H groups in total. The van der Waals surface area contributed by atoms with Gasteiger partial charge in [0, 0.05) is 5.02 Å². The molecule has 5 nitrogen and oxygen atoms in total. The molecule has 1 unspecified atom stereocenters. The first-order valence-electron chi connectivity index (χ1n) is 3.29. The second kappa shape index (κ2) is 4.09. The minimum atomic E-state index is -3.95. The molecule has 7 heteroatoms. The van der Waals surface area contributed by atoms with Crippen LogP contribution in [0.15, 0.2) is 24.3 Å². The van der Waals surface area contributed by atoms with Crippen LogP contribution in [-0.2, 0) is 4.57 Å². The molecule has 0 saturated heterocycles. The lowest BCUT2D eigenvalue weighted by molar-refractivity contribution is 0.365.